The molecule has 1 atom stereocenters. The van der Waals surface area contributed by atoms with Crippen LogP contribution in [0.25, 0.3) is 0 Å². The summed E-state index contributed by atoms with van der Waals surface area (Å²) in [6, 6.07) is 11.3. The highest BCUT2D eigenvalue weighted by Crippen LogP contribution is 2.14. The summed E-state index contributed by atoms with van der Waals surface area (Å²) in [6.07, 6.45) is 3.83. The van der Waals surface area contributed by atoms with Gasteiger partial charge in [-0.1, -0.05) is 29.3 Å². The van der Waals surface area contributed by atoms with Crippen LogP contribution in [0, 0.1) is 13.8 Å². The fourth-order valence-corrected chi connectivity index (χ4v) is 2.76. The Bertz CT molecular complexity index is 543. The van der Waals surface area contributed by atoms with Crippen LogP contribution in [0.1, 0.15) is 22.4 Å². The van der Waals surface area contributed by atoms with Crippen LogP contribution in [-0.4, -0.2) is 18.1 Å². The number of hydrogen-bond donors (Lipinski definition) is 1. The number of pyridine rings is 1. The first kappa shape index (κ1) is 15.2. The molecule has 0 saturated heterocycles. The molecule has 0 aliphatic heterocycles. The number of benzene rings is 1. The van der Waals surface area contributed by atoms with Crippen molar-refractivity contribution in [3.63, 3.8) is 0 Å². The maximum Gasteiger partial charge on any atom is 0.0420 e. The Balaban J connectivity index is 2.06. The molecule has 1 heterocycles. The third kappa shape index (κ3) is 4.43. The minimum Gasteiger partial charge on any atom is -0.316 e. The van der Waals surface area contributed by atoms with E-state index in [1.807, 2.05) is 19.3 Å². The molecule has 0 amide bonds. The van der Waals surface area contributed by atoms with Crippen molar-refractivity contribution < 1.29 is 0 Å². The average Bonchev–Trinajstić information content (AvgIpc) is 2.39. The van der Waals surface area contributed by atoms with E-state index in [4.69, 9.17) is 0 Å². The second-order valence-electron chi connectivity index (χ2n) is 5.36. The number of nitrogens with zero attached hydrogens (tertiary/aromatic N) is 1. The van der Waals surface area contributed by atoms with Crippen LogP contribution in [0.4, 0.5) is 0 Å². The van der Waals surface area contributed by atoms with E-state index in [-0.39, 0.29) is 0 Å². The summed E-state index contributed by atoms with van der Waals surface area (Å²) in [6.45, 7) is 4.31. The number of aromatic nitrogens is 1. The van der Waals surface area contributed by atoms with Crippen molar-refractivity contribution in [2.45, 2.75) is 32.7 Å². The van der Waals surface area contributed by atoms with Crippen LogP contribution in [0.3, 0.4) is 0 Å². The molecular weight excluding hydrogens is 312 g/mol. The Morgan fingerprint density at radius 2 is 1.80 bits per heavy atom. The molecule has 0 bridgehead atoms. The van der Waals surface area contributed by atoms with Crippen molar-refractivity contribution in [3.05, 3.63) is 63.4 Å². The third-order valence-corrected chi connectivity index (χ3v) is 3.89. The largest absolute Gasteiger partial charge is 0.316 e. The van der Waals surface area contributed by atoms with Crippen LogP contribution in [0.2, 0.25) is 0 Å². The quantitative estimate of drug-likeness (QED) is 0.899. The van der Waals surface area contributed by atoms with Gasteiger partial charge in [-0.05, 0) is 60.9 Å². The van der Waals surface area contributed by atoms with Gasteiger partial charge in [0.2, 0.25) is 0 Å². The molecular formula is C17H21BrN2. The first-order valence-corrected chi connectivity index (χ1v) is 7.71. The van der Waals surface area contributed by atoms with Crippen molar-refractivity contribution >= 4 is 15.9 Å². The number of aryl methyl sites for hydroxylation is 2. The Morgan fingerprint density at radius 3 is 2.35 bits per heavy atom. The van der Waals surface area contributed by atoms with Gasteiger partial charge in [-0.2, -0.15) is 0 Å². The smallest absolute Gasteiger partial charge is 0.0420 e. The minimum absolute atomic E-state index is 0.407. The standard InChI is InChI=1S/C17H21BrN2/c1-12-6-13(2)8-14(7-12)9-17(19-3)10-16-5-4-15(18)11-20-16/h4-8,11,17,19H,9-10H2,1-3H3. The van der Waals surface area contributed by atoms with E-state index in [0.717, 1.165) is 23.0 Å². The summed E-state index contributed by atoms with van der Waals surface area (Å²) in [5, 5.41) is 3.40. The summed E-state index contributed by atoms with van der Waals surface area (Å²) in [5.74, 6) is 0. The summed E-state index contributed by atoms with van der Waals surface area (Å²) in [4.78, 5) is 4.46. The lowest BCUT2D eigenvalue weighted by molar-refractivity contribution is 0.550. The predicted molar refractivity (Wildman–Crippen MR) is 88.1 cm³/mol. The van der Waals surface area contributed by atoms with Crippen LogP contribution in [-0.2, 0) is 12.8 Å². The van der Waals surface area contributed by atoms with Crippen LogP contribution >= 0.6 is 15.9 Å². The summed E-state index contributed by atoms with van der Waals surface area (Å²) in [5.41, 5.74) is 5.17. The van der Waals surface area contributed by atoms with Crippen molar-refractivity contribution in [2.75, 3.05) is 7.05 Å². The van der Waals surface area contributed by atoms with Crippen molar-refractivity contribution in [1.82, 2.24) is 10.3 Å². The highest BCUT2D eigenvalue weighted by molar-refractivity contribution is 9.10. The van der Waals surface area contributed by atoms with E-state index in [1.165, 1.54) is 16.7 Å². The Kier molecular flexibility index (Phi) is 5.32. The normalized spacial score (nSPS) is 12.4. The van der Waals surface area contributed by atoms with Crippen molar-refractivity contribution in [2.24, 2.45) is 0 Å². The molecule has 0 aliphatic rings. The number of halogens is 1. The minimum atomic E-state index is 0.407. The molecule has 1 aromatic heterocycles. The fourth-order valence-electron chi connectivity index (χ4n) is 2.53. The lowest BCUT2D eigenvalue weighted by atomic mass is 9.98. The van der Waals surface area contributed by atoms with E-state index in [9.17, 15) is 0 Å². The van der Waals surface area contributed by atoms with Gasteiger partial charge in [-0.3, -0.25) is 4.98 Å². The molecule has 2 aromatic rings. The van der Waals surface area contributed by atoms with Crippen LogP contribution < -0.4 is 5.32 Å². The van der Waals surface area contributed by atoms with E-state index >= 15 is 0 Å². The second-order valence-corrected chi connectivity index (χ2v) is 6.27. The summed E-state index contributed by atoms with van der Waals surface area (Å²) in [7, 11) is 2.02. The Hall–Kier alpha value is -1.19. The number of nitrogens with one attached hydrogen (secondary N) is 1. The van der Waals surface area contributed by atoms with Crippen molar-refractivity contribution in [1.29, 1.82) is 0 Å². The van der Waals surface area contributed by atoms with Gasteiger partial charge in [0.05, 0.1) is 0 Å². The highest BCUT2D eigenvalue weighted by atomic mass is 79.9. The van der Waals surface area contributed by atoms with Gasteiger partial charge >= 0.3 is 0 Å². The van der Waals surface area contributed by atoms with Crippen molar-refractivity contribution in [3.8, 4) is 0 Å². The van der Waals surface area contributed by atoms with Gasteiger partial charge in [0.15, 0.2) is 0 Å². The zero-order valence-corrected chi connectivity index (χ0v) is 13.9. The summed E-state index contributed by atoms with van der Waals surface area (Å²) < 4.78 is 1.02. The van der Waals surface area contributed by atoms with Gasteiger partial charge in [0.1, 0.15) is 0 Å². The van der Waals surface area contributed by atoms with Gasteiger partial charge in [0.25, 0.3) is 0 Å². The number of likely N-dealkylation sites (N-methyl/N-ethyl adjacent to an activating group) is 1. The molecule has 3 heteroatoms. The molecule has 106 valence electrons. The monoisotopic (exact) mass is 332 g/mol. The number of rotatable bonds is 5. The van der Waals surface area contributed by atoms with E-state index < -0.39 is 0 Å². The van der Waals surface area contributed by atoms with Crippen LogP contribution in [0.15, 0.2) is 41.0 Å². The van der Waals surface area contributed by atoms with E-state index in [1.54, 1.807) is 0 Å². The molecule has 0 radical (unpaired) electrons. The van der Waals surface area contributed by atoms with Crippen LogP contribution in [0.5, 0.6) is 0 Å². The molecule has 1 N–H and O–H groups in total. The lowest BCUT2D eigenvalue weighted by Crippen LogP contribution is -2.30. The van der Waals surface area contributed by atoms with Gasteiger partial charge in [-0.25, -0.2) is 0 Å². The molecule has 0 fully saturated rings. The molecule has 0 spiro atoms. The fraction of sp³-hybridized carbons (Fsp3) is 0.353. The molecule has 1 aromatic carbocycles. The Morgan fingerprint density at radius 1 is 1.10 bits per heavy atom. The maximum absolute atomic E-state index is 4.46. The zero-order valence-electron chi connectivity index (χ0n) is 12.3. The molecule has 20 heavy (non-hydrogen) atoms. The van der Waals surface area contributed by atoms with E-state index in [0.29, 0.717) is 6.04 Å². The number of hydrogen-bond acceptors (Lipinski definition) is 2. The predicted octanol–water partition coefficient (Wildman–Crippen LogP) is 3.83. The lowest BCUT2D eigenvalue weighted by Gasteiger charge is -2.16. The second kappa shape index (κ2) is 7.00. The first-order chi connectivity index (χ1) is 9.56. The van der Waals surface area contributed by atoms with Gasteiger partial charge in [0, 0.05) is 28.8 Å². The third-order valence-electron chi connectivity index (χ3n) is 3.42. The average molecular weight is 333 g/mol. The maximum atomic E-state index is 4.46. The molecule has 1 unspecified atom stereocenters. The van der Waals surface area contributed by atoms with Gasteiger partial charge in [-0.15, -0.1) is 0 Å². The van der Waals surface area contributed by atoms with Gasteiger partial charge < -0.3 is 5.32 Å². The molecule has 0 aliphatic carbocycles. The van der Waals surface area contributed by atoms with E-state index in [2.05, 4.69) is 64.3 Å². The molecule has 2 rings (SSSR count). The topological polar surface area (TPSA) is 24.9 Å². The SMILES string of the molecule is CNC(Cc1cc(C)cc(C)c1)Cc1ccc(Br)cn1. The Labute approximate surface area is 129 Å². The highest BCUT2D eigenvalue weighted by Gasteiger charge is 2.10. The summed E-state index contributed by atoms with van der Waals surface area (Å²) >= 11 is 3.42. The zero-order chi connectivity index (χ0) is 14.5. The molecule has 2 nitrogen and oxygen atoms in total. The molecule has 0 saturated carbocycles. The first-order valence-electron chi connectivity index (χ1n) is 6.91.